The minimum atomic E-state index is -3.57. The highest BCUT2D eigenvalue weighted by molar-refractivity contribution is 7.91. The summed E-state index contributed by atoms with van der Waals surface area (Å²) in [6.07, 6.45) is 1.48. The summed E-state index contributed by atoms with van der Waals surface area (Å²) in [4.78, 5) is 32.0. The summed E-state index contributed by atoms with van der Waals surface area (Å²) >= 11 is 1.11. The Hall–Kier alpha value is -2.38. The van der Waals surface area contributed by atoms with Gasteiger partial charge in [-0.1, -0.05) is 0 Å². The predicted molar refractivity (Wildman–Crippen MR) is 116 cm³/mol. The van der Waals surface area contributed by atoms with Gasteiger partial charge in [0, 0.05) is 37.3 Å². The number of aromatic nitrogens is 1. The highest BCUT2D eigenvalue weighted by Gasteiger charge is 2.28. The largest absolute Gasteiger partial charge is 0.379 e. The van der Waals surface area contributed by atoms with Gasteiger partial charge in [-0.2, -0.15) is 4.31 Å². The molecule has 0 atom stereocenters. The van der Waals surface area contributed by atoms with E-state index in [-0.39, 0.29) is 27.9 Å². The predicted octanol–water partition coefficient (Wildman–Crippen LogP) is 0.566. The van der Waals surface area contributed by atoms with E-state index >= 15 is 0 Å². The second kappa shape index (κ2) is 10.0. The number of nitrogens with one attached hydrogen (secondary N) is 1. The van der Waals surface area contributed by atoms with Crippen LogP contribution in [0.1, 0.15) is 25.7 Å². The summed E-state index contributed by atoms with van der Waals surface area (Å²) in [5, 5.41) is 2.77. The molecule has 4 rings (SSSR count). The topological polar surface area (TPSA) is 118 Å². The Balaban J connectivity index is 1.42. The number of ether oxygens (including phenoxy) is 2. The molecule has 0 bridgehead atoms. The first kappa shape index (κ1) is 22.8. The van der Waals surface area contributed by atoms with Crippen LogP contribution in [0.4, 0.5) is 0 Å². The van der Waals surface area contributed by atoms with Crippen LogP contribution in [0.5, 0.6) is 0 Å². The number of nitrogens with zero attached hydrogens (tertiary/aromatic N) is 3. The summed E-state index contributed by atoms with van der Waals surface area (Å²) in [5.41, 5.74) is 0.273. The van der Waals surface area contributed by atoms with Crippen LogP contribution in [-0.2, 0) is 26.0 Å². The zero-order valence-electron chi connectivity index (χ0n) is 17.4. The van der Waals surface area contributed by atoms with Crippen molar-refractivity contribution < 1.29 is 27.5 Å². The molecular formula is C20H24N4O6S2. The van der Waals surface area contributed by atoms with Gasteiger partial charge in [0.15, 0.2) is 0 Å². The smallest absolute Gasteiger partial charge is 0.273 e. The van der Waals surface area contributed by atoms with E-state index in [4.69, 9.17) is 9.47 Å². The minimum absolute atomic E-state index is 0.0914. The molecule has 0 saturated carbocycles. The number of rotatable bonds is 6. The quantitative estimate of drug-likeness (QED) is 0.642. The van der Waals surface area contributed by atoms with E-state index in [0.717, 1.165) is 11.3 Å². The fourth-order valence-electron chi connectivity index (χ4n) is 3.44. The molecule has 0 unspecified atom stereocenters. The molecule has 10 nitrogen and oxygen atoms in total. The summed E-state index contributed by atoms with van der Waals surface area (Å²) in [6, 6.07) is 6.39. The van der Waals surface area contributed by atoms with Crippen molar-refractivity contribution in [2.45, 2.75) is 10.8 Å². The second-order valence-corrected chi connectivity index (χ2v) is 10.6. The van der Waals surface area contributed by atoms with Gasteiger partial charge in [-0.05, 0) is 24.3 Å². The molecule has 2 aliphatic heterocycles. The molecule has 0 aliphatic carbocycles. The number of hydrogen-bond donors (Lipinski definition) is 1. The number of amides is 2. The fourth-order valence-corrected chi connectivity index (χ4v) is 6.30. The van der Waals surface area contributed by atoms with Crippen LogP contribution in [0.2, 0.25) is 0 Å². The Labute approximate surface area is 190 Å². The Kier molecular flexibility index (Phi) is 7.16. The maximum Gasteiger partial charge on any atom is 0.273 e. The van der Waals surface area contributed by atoms with Crippen molar-refractivity contribution in [1.29, 1.82) is 0 Å². The van der Waals surface area contributed by atoms with Crippen LogP contribution >= 0.6 is 11.3 Å². The van der Waals surface area contributed by atoms with Gasteiger partial charge in [0.1, 0.15) is 9.90 Å². The van der Waals surface area contributed by atoms with Gasteiger partial charge >= 0.3 is 0 Å². The van der Waals surface area contributed by atoms with E-state index < -0.39 is 15.9 Å². The standard InChI is InChI=1S/C20H24N4O6S2/c25-19(16-2-1-5-21-18(16)20(26)23-6-10-29-11-7-23)22-14-15-3-4-17(31-15)32(27,28)24-8-12-30-13-9-24/h1-5H,6-14H2,(H,22,25). The molecule has 0 aromatic carbocycles. The molecule has 2 amide bonds. The van der Waals surface area contributed by atoms with E-state index in [0.29, 0.717) is 57.5 Å². The molecule has 32 heavy (non-hydrogen) atoms. The van der Waals surface area contributed by atoms with Crippen molar-refractivity contribution in [2.75, 3.05) is 52.6 Å². The van der Waals surface area contributed by atoms with Crippen molar-refractivity contribution >= 4 is 33.2 Å². The number of pyridine rings is 1. The molecule has 2 fully saturated rings. The van der Waals surface area contributed by atoms with Gasteiger partial charge in [-0.15, -0.1) is 11.3 Å². The summed E-state index contributed by atoms with van der Waals surface area (Å²) in [7, 11) is -3.57. The third kappa shape index (κ3) is 4.99. The molecule has 2 saturated heterocycles. The summed E-state index contributed by atoms with van der Waals surface area (Å²) in [5.74, 6) is -0.755. The van der Waals surface area contributed by atoms with Crippen molar-refractivity contribution in [2.24, 2.45) is 0 Å². The number of sulfonamides is 1. The fraction of sp³-hybridized carbons (Fsp3) is 0.450. The van der Waals surface area contributed by atoms with Gasteiger partial charge in [-0.3, -0.25) is 14.6 Å². The van der Waals surface area contributed by atoms with Crippen molar-refractivity contribution in [3.05, 3.63) is 46.6 Å². The van der Waals surface area contributed by atoms with Gasteiger partial charge in [-0.25, -0.2) is 8.42 Å². The Morgan fingerprint density at radius 2 is 1.72 bits per heavy atom. The van der Waals surface area contributed by atoms with Crippen LogP contribution in [0, 0.1) is 0 Å². The first-order chi connectivity index (χ1) is 15.5. The normalized spacial score (nSPS) is 17.8. The Morgan fingerprint density at radius 1 is 1.03 bits per heavy atom. The van der Waals surface area contributed by atoms with Gasteiger partial charge in [0.25, 0.3) is 21.8 Å². The van der Waals surface area contributed by atoms with Crippen LogP contribution in [0.3, 0.4) is 0 Å². The average Bonchev–Trinajstić information content (AvgIpc) is 3.33. The first-order valence-electron chi connectivity index (χ1n) is 10.2. The maximum atomic E-state index is 12.8. The number of morpholine rings is 2. The van der Waals surface area contributed by atoms with E-state index in [1.807, 2.05) is 0 Å². The number of carbonyl (C=O) groups is 2. The minimum Gasteiger partial charge on any atom is -0.379 e. The van der Waals surface area contributed by atoms with E-state index in [2.05, 4.69) is 10.3 Å². The van der Waals surface area contributed by atoms with Gasteiger partial charge in [0.05, 0.1) is 38.5 Å². The van der Waals surface area contributed by atoms with E-state index in [1.54, 1.807) is 29.2 Å². The third-order valence-electron chi connectivity index (χ3n) is 5.18. The molecule has 4 heterocycles. The molecule has 12 heteroatoms. The van der Waals surface area contributed by atoms with Crippen LogP contribution in [-0.4, -0.2) is 87.0 Å². The second-order valence-electron chi connectivity index (χ2n) is 7.22. The van der Waals surface area contributed by atoms with E-state index in [1.165, 1.54) is 10.5 Å². The Morgan fingerprint density at radius 3 is 2.44 bits per heavy atom. The van der Waals surface area contributed by atoms with Crippen LogP contribution in [0.15, 0.2) is 34.7 Å². The molecule has 0 radical (unpaired) electrons. The lowest BCUT2D eigenvalue weighted by Crippen LogP contribution is -2.42. The zero-order chi connectivity index (χ0) is 22.6. The molecule has 2 aromatic rings. The number of thiophene rings is 1. The van der Waals surface area contributed by atoms with Crippen LogP contribution in [0.25, 0.3) is 0 Å². The molecule has 2 aromatic heterocycles. The highest BCUT2D eigenvalue weighted by Crippen LogP contribution is 2.25. The third-order valence-corrected chi connectivity index (χ3v) is 8.63. The molecule has 2 aliphatic rings. The van der Waals surface area contributed by atoms with Crippen molar-refractivity contribution in [1.82, 2.24) is 19.5 Å². The lowest BCUT2D eigenvalue weighted by atomic mass is 10.1. The lowest BCUT2D eigenvalue weighted by molar-refractivity contribution is 0.0297. The van der Waals surface area contributed by atoms with Crippen LogP contribution < -0.4 is 5.32 Å². The molecule has 0 spiro atoms. The first-order valence-corrected chi connectivity index (χ1v) is 12.5. The lowest BCUT2D eigenvalue weighted by Gasteiger charge is -2.27. The number of carbonyl (C=O) groups excluding carboxylic acids is 2. The Bertz CT molecular complexity index is 1080. The highest BCUT2D eigenvalue weighted by atomic mass is 32.2. The van der Waals surface area contributed by atoms with Gasteiger partial charge < -0.3 is 19.7 Å². The SMILES string of the molecule is O=C(NCc1ccc(S(=O)(=O)N2CCOCC2)s1)c1cccnc1C(=O)N1CCOCC1. The maximum absolute atomic E-state index is 12.8. The average molecular weight is 481 g/mol. The summed E-state index contributed by atoms with van der Waals surface area (Å²) in [6.45, 7) is 3.36. The molecular weight excluding hydrogens is 456 g/mol. The molecule has 172 valence electrons. The van der Waals surface area contributed by atoms with E-state index in [9.17, 15) is 18.0 Å². The van der Waals surface area contributed by atoms with Crippen molar-refractivity contribution in [3.8, 4) is 0 Å². The number of hydrogen-bond acceptors (Lipinski definition) is 8. The molecule has 1 N–H and O–H groups in total. The zero-order valence-corrected chi connectivity index (χ0v) is 19.0. The monoisotopic (exact) mass is 480 g/mol. The summed E-state index contributed by atoms with van der Waals surface area (Å²) < 4.78 is 37.7. The van der Waals surface area contributed by atoms with Crippen molar-refractivity contribution in [3.63, 3.8) is 0 Å². The van der Waals surface area contributed by atoms with Gasteiger partial charge in [0.2, 0.25) is 0 Å².